The summed E-state index contributed by atoms with van der Waals surface area (Å²) in [7, 11) is 1.40. The van der Waals surface area contributed by atoms with Crippen LogP contribution in [0.4, 0.5) is 23.2 Å². The van der Waals surface area contributed by atoms with E-state index in [0.717, 1.165) is 0 Å². The second-order valence-electron chi connectivity index (χ2n) is 4.18. The Labute approximate surface area is 127 Å². The Bertz CT molecular complexity index is 685. The molecule has 0 aliphatic heterocycles. The van der Waals surface area contributed by atoms with Gasteiger partial charge in [-0.05, 0) is 6.07 Å². The summed E-state index contributed by atoms with van der Waals surface area (Å²) in [5.41, 5.74) is -0.759. The number of alkyl halides is 2. The lowest BCUT2D eigenvalue weighted by Gasteiger charge is -2.10. The van der Waals surface area contributed by atoms with Crippen LogP contribution in [-0.4, -0.2) is 24.6 Å². The number of ether oxygens (including phenoxy) is 2. The molecule has 1 N–H and O–H groups in total. The molecule has 23 heavy (non-hydrogen) atoms. The van der Waals surface area contributed by atoms with Gasteiger partial charge in [0.25, 0.3) is 5.91 Å². The molecule has 0 aliphatic rings. The molecule has 2 aromatic rings. The minimum atomic E-state index is -3.24. The van der Waals surface area contributed by atoms with Crippen molar-refractivity contribution in [2.45, 2.75) is 6.61 Å². The van der Waals surface area contributed by atoms with Gasteiger partial charge in [-0.25, -0.2) is 13.8 Å². The van der Waals surface area contributed by atoms with E-state index in [4.69, 9.17) is 4.74 Å². The van der Waals surface area contributed by atoms with E-state index < -0.39 is 35.5 Å². The second-order valence-corrected chi connectivity index (χ2v) is 4.18. The highest BCUT2D eigenvalue weighted by atomic mass is 19.3. The van der Waals surface area contributed by atoms with Crippen molar-refractivity contribution in [3.8, 4) is 11.6 Å². The number of rotatable bonds is 5. The molecule has 0 saturated heterocycles. The second kappa shape index (κ2) is 6.95. The summed E-state index contributed by atoms with van der Waals surface area (Å²) >= 11 is 0. The minimum absolute atomic E-state index is 0.169. The van der Waals surface area contributed by atoms with Gasteiger partial charge in [0.15, 0.2) is 0 Å². The van der Waals surface area contributed by atoms with Crippen molar-refractivity contribution < 1.29 is 31.8 Å². The fraction of sp³-hybridized carbons (Fsp3) is 0.143. The van der Waals surface area contributed by atoms with E-state index in [0.29, 0.717) is 12.1 Å². The summed E-state index contributed by atoms with van der Waals surface area (Å²) in [5.74, 6) is -4.21. The molecule has 1 aromatic carbocycles. The van der Waals surface area contributed by atoms with Crippen LogP contribution in [0, 0.1) is 11.6 Å². The SMILES string of the molecule is COc1ccc(NC(=O)c2c(F)cc(OC(F)F)cc2F)cn1. The third kappa shape index (κ3) is 4.09. The number of amides is 1. The van der Waals surface area contributed by atoms with Crippen molar-refractivity contribution in [2.75, 3.05) is 12.4 Å². The third-order valence-corrected chi connectivity index (χ3v) is 2.67. The highest BCUT2D eigenvalue weighted by Crippen LogP contribution is 2.23. The lowest BCUT2D eigenvalue weighted by molar-refractivity contribution is -0.0501. The number of benzene rings is 1. The van der Waals surface area contributed by atoms with Gasteiger partial charge >= 0.3 is 6.61 Å². The van der Waals surface area contributed by atoms with E-state index in [1.165, 1.54) is 25.4 Å². The Hall–Kier alpha value is -2.84. The zero-order valence-electron chi connectivity index (χ0n) is 11.6. The van der Waals surface area contributed by atoms with Crippen LogP contribution >= 0.6 is 0 Å². The summed E-state index contributed by atoms with van der Waals surface area (Å²) in [5, 5.41) is 2.23. The molecule has 1 aromatic heterocycles. The van der Waals surface area contributed by atoms with Crippen molar-refractivity contribution in [3.63, 3.8) is 0 Å². The molecule has 122 valence electrons. The molecule has 0 spiro atoms. The van der Waals surface area contributed by atoms with Gasteiger partial charge in [0.2, 0.25) is 5.88 Å². The minimum Gasteiger partial charge on any atom is -0.481 e. The van der Waals surface area contributed by atoms with Crippen molar-refractivity contribution in [2.24, 2.45) is 0 Å². The van der Waals surface area contributed by atoms with Gasteiger partial charge in [-0.3, -0.25) is 4.79 Å². The van der Waals surface area contributed by atoms with Crippen molar-refractivity contribution in [1.82, 2.24) is 4.98 Å². The summed E-state index contributed by atoms with van der Waals surface area (Å²) < 4.78 is 60.3. The maximum absolute atomic E-state index is 13.8. The van der Waals surface area contributed by atoms with Crippen LogP contribution in [0.1, 0.15) is 10.4 Å². The normalized spacial score (nSPS) is 10.5. The molecular weight excluding hydrogens is 320 g/mol. The molecule has 0 fully saturated rings. The number of pyridine rings is 1. The number of nitrogens with one attached hydrogen (secondary N) is 1. The van der Waals surface area contributed by atoms with Crippen LogP contribution in [-0.2, 0) is 0 Å². The molecule has 0 atom stereocenters. The van der Waals surface area contributed by atoms with Gasteiger partial charge in [-0.15, -0.1) is 0 Å². The topological polar surface area (TPSA) is 60.5 Å². The Morgan fingerprint density at radius 3 is 2.35 bits per heavy atom. The quantitative estimate of drug-likeness (QED) is 0.855. The first kappa shape index (κ1) is 16.5. The summed E-state index contributed by atoms with van der Waals surface area (Å²) in [6.45, 7) is -3.24. The van der Waals surface area contributed by atoms with Crippen molar-refractivity contribution in [3.05, 3.63) is 47.7 Å². The fourth-order valence-electron chi connectivity index (χ4n) is 1.71. The number of carbonyl (C=O) groups is 1. The summed E-state index contributed by atoms with van der Waals surface area (Å²) in [6, 6.07) is 3.84. The number of nitrogens with zero attached hydrogens (tertiary/aromatic N) is 1. The third-order valence-electron chi connectivity index (χ3n) is 2.67. The highest BCUT2D eigenvalue weighted by Gasteiger charge is 2.20. The van der Waals surface area contributed by atoms with E-state index in [2.05, 4.69) is 15.0 Å². The largest absolute Gasteiger partial charge is 0.481 e. The molecule has 9 heteroatoms. The van der Waals surface area contributed by atoms with Gasteiger partial charge in [-0.1, -0.05) is 0 Å². The van der Waals surface area contributed by atoms with E-state index >= 15 is 0 Å². The van der Waals surface area contributed by atoms with E-state index in [1.54, 1.807) is 0 Å². The number of halogens is 4. The maximum Gasteiger partial charge on any atom is 0.387 e. The molecular formula is C14H10F4N2O3. The lowest BCUT2D eigenvalue weighted by Crippen LogP contribution is -2.16. The molecule has 1 amide bonds. The van der Waals surface area contributed by atoms with Crippen molar-refractivity contribution >= 4 is 11.6 Å². The number of carbonyl (C=O) groups excluding carboxylic acids is 1. The fourth-order valence-corrected chi connectivity index (χ4v) is 1.71. The number of aromatic nitrogens is 1. The zero-order valence-corrected chi connectivity index (χ0v) is 11.6. The van der Waals surface area contributed by atoms with Gasteiger partial charge in [0.1, 0.15) is 22.9 Å². The van der Waals surface area contributed by atoms with Crippen LogP contribution in [0.3, 0.4) is 0 Å². The van der Waals surface area contributed by atoms with Gasteiger partial charge in [-0.2, -0.15) is 8.78 Å². The Morgan fingerprint density at radius 2 is 1.87 bits per heavy atom. The molecule has 5 nitrogen and oxygen atoms in total. The molecule has 2 rings (SSSR count). The zero-order chi connectivity index (χ0) is 17.0. The Kier molecular flexibility index (Phi) is 4.99. The summed E-state index contributed by atoms with van der Waals surface area (Å²) in [4.78, 5) is 15.7. The standard InChI is InChI=1S/C14H10F4N2O3/c1-22-11-3-2-7(6-19-11)20-13(21)12-9(15)4-8(5-10(12)16)23-14(17)18/h2-6,14H,1H3,(H,20,21). The number of hydrogen-bond donors (Lipinski definition) is 1. The van der Waals surface area contributed by atoms with Crippen LogP contribution in [0.2, 0.25) is 0 Å². The first-order chi connectivity index (χ1) is 10.9. The highest BCUT2D eigenvalue weighted by molar-refractivity contribution is 6.04. The average Bonchev–Trinajstić information content (AvgIpc) is 2.46. The van der Waals surface area contributed by atoms with Gasteiger partial charge in [0, 0.05) is 18.2 Å². The van der Waals surface area contributed by atoms with E-state index in [1.807, 2.05) is 0 Å². The molecule has 1 heterocycles. The predicted octanol–water partition coefficient (Wildman–Crippen LogP) is 3.22. The lowest BCUT2D eigenvalue weighted by atomic mass is 10.1. The van der Waals surface area contributed by atoms with Gasteiger partial charge < -0.3 is 14.8 Å². The monoisotopic (exact) mass is 330 g/mol. The van der Waals surface area contributed by atoms with Crippen LogP contribution < -0.4 is 14.8 Å². The first-order valence-electron chi connectivity index (χ1n) is 6.16. The summed E-state index contributed by atoms with van der Waals surface area (Å²) in [6.07, 6.45) is 1.22. The number of methoxy groups -OCH3 is 1. The Morgan fingerprint density at radius 1 is 1.22 bits per heavy atom. The predicted molar refractivity (Wildman–Crippen MR) is 71.7 cm³/mol. The van der Waals surface area contributed by atoms with E-state index in [-0.39, 0.29) is 11.6 Å². The van der Waals surface area contributed by atoms with Crippen LogP contribution in [0.25, 0.3) is 0 Å². The van der Waals surface area contributed by atoms with Crippen molar-refractivity contribution in [1.29, 1.82) is 0 Å². The van der Waals surface area contributed by atoms with Crippen LogP contribution in [0.15, 0.2) is 30.5 Å². The molecule has 0 saturated carbocycles. The molecule has 0 unspecified atom stereocenters. The Balaban J connectivity index is 2.21. The number of hydrogen-bond acceptors (Lipinski definition) is 4. The average molecular weight is 330 g/mol. The van der Waals surface area contributed by atoms with Crippen LogP contribution in [0.5, 0.6) is 11.6 Å². The van der Waals surface area contributed by atoms with E-state index in [9.17, 15) is 22.4 Å². The molecule has 0 radical (unpaired) electrons. The maximum atomic E-state index is 13.8. The molecule has 0 aliphatic carbocycles. The smallest absolute Gasteiger partial charge is 0.387 e. The first-order valence-corrected chi connectivity index (χ1v) is 6.16. The molecule has 0 bridgehead atoms. The number of anilines is 1. The van der Waals surface area contributed by atoms with Gasteiger partial charge in [0.05, 0.1) is 19.0 Å².